The minimum absolute atomic E-state index is 0.118. The van der Waals surface area contributed by atoms with E-state index in [0.717, 1.165) is 30.8 Å². The minimum atomic E-state index is -0.250. The number of amides is 2. The van der Waals surface area contributed by atoms with Crippen LogP contribution in [0, 0.1) is 0 Å². The molecule has 0 radical (unpaired) electrons. The predicted molar refractivity (Wildman–Crippen MR) is 107 cm³/mol. The van der Waals surface area contributed by atoms with Crippen LogP contribution in [-0.2, 0) is 4.79 Å². The van der Waals surface area contributed by atoms with Crippen LogP contribution in [0.5, 0.6) is 0 Å². The van der Waals surface area contributed by atoms with Crippen molar-refractivity contribution >= 4 is 52.5 Å². The standard InChI is InChI=1S/C19H18Cl2N2O2S/c20-15-8-7-13(11-16(15)21)22-19(25)14-5-1-2-6-17(14)26-12-18(24)23-9-3-4-10-23/h1-2,5-8,11H,3-4,9-10,12H2,(H,22,25). The SMILES string of the molecule is O=C(Nc1ccc(Cl)c(Cl)c1)c1ccccc1SCC(=O)N1CCCC1. The van der Waals surface area contributed by atoms with E-state index in [2.05, 4.69) is 5.32 Å². The Kier molecular flexibility index (Phi) is 6.46. The number of thioether (sulfide) groups is 1. The quantitative estimate of drug-likeness (QED) is 0.711. The summed E-state index contributed by atoms with van der Waals surface area (Å²) in [6.07, 6.45) is 2.14. The maximum Gasteiger partial charge on any atom is 0.256 e. The Morgan fingerprint density at radius 1 is 1.04 bits per heavy atom. The van der Waals surface area contributed by atoms with Gasteiger partial charge >= 0.3 is 0 Å². The van der Waals surface area contributed by atoms with E-state index in [1.165, 1.54) is 11.8 Å². The van der Waals surface area contributed by atoms with Gasteiger partial charge in [0.2, 0.25) is 5.91 Å². The van der Waals surface area contributed by atoms with Crippen molar-refractivity contribution in [2.45, 2.75) is 17.7 Å². The van der Waals surface area contributed by atoms with Gasteiger partial charge in [0.25, 0.3) is 5.91 Å². The second-order valence-corrected chi connectivity index (χ2v) is 7.79. The van der Waals surface area contributed by atoms with Gasteiger partial charge in [-0.15, -0.1) is 11.8 Å². The van der Waals surface area contributed by atoms with Crippen molar-refractivity contribution in [1.29, 1.82) is 0 Å². The Bertz CT molecular complexity index is 823. The molecule has 1 fully saturated rings. The molecule has 2 aromatic rings. The van der Waals surface area contributed by atoms with E-state index < -0.39 is 0 Å². The summed E-state index contributed by atoms with van der Waals surface area (Å²) in [7, 11) is 0. The van der Waals surface area contributed by atoms with Gasteiger partial charge in [-0.05, 0) is 43.2 Å². The first-order valence-electron chi connectivity index (χ1n) is 8.30. The number of likely N-dealkylation sites (tertiary alicyclic amines) is 1. The predicted octanol–water partition coefficient (Wildman–Crippen LogP) is 4.96. The van der Waals surface area contributed by atoms with Crippen molar-refractivity contribution in [1.82, 2.24) is 4.90 Å². The number of anilines is 1. The Morgan fingerprint density at radius 3 is 2.50 bits per heavy atom. The average Bonchev–Trinajstić information content (AvgIpc) is 3.18. The zero-order valence-electron chi connectivity index (χ0n) is 14.0. The Balaban J connectivity index is 1.68. The van der Waals surface area contributed by atoms with Gasteiger partial charge in [0.1, 0.15) is 0 Å². The monoisotopic (exact) mass is 408 g/mol. The van der Waals surface area contributed by atoms with Crippen LogP contribution in [0.25, 0.3) is 0 Å². The van der Waals surface area contributed by atoms with Crippen LogP contribution in [0.3, 0.4) is 0 Å². The van der Waals surface area contributed by atoms with E-state index in [1.54, 1.807) is 30.3 Å². The normalized spacial score (nSPS) is 13.7. The molecule has 0 bridgehead atoms. The first-order valence-corrected chi connectivity index (χ1v) is 10.0. The van der Waals surface area contributed by atoms with Crippen molar-refractivity contribution < 1.29 is 9.59 Å². The lowest BCUT2D eigenvalue weighted by atomic mass is 10.2. The molecule has 0 unspecified atom stereocenters. The van der Waals surface area contributed by atoms with Crippen molar-refractivity contribution in [2.75, 3.05) is 24.2 Å². The van der Waals surface area contributed by atoms with E-state index in [-0.39, 0.29) is 11.8 Å². The van der Waals surface area contributed by atoms with Crippen LogP contribution in [0.15, 0.2) is 47.4 Å². The summed E-state index contributed by atoms with van der Waals surface area (Å²) in [6, 6.07) is 12.2. The smallest absolute Gasteiger partial charge is 0.256 e. The molecule has 2 amide bonds. The van der Waals surface area contributed by atoms with E-state index in [0.29, 0.717) is 27.0 Å². The van der Waals surface area contributed by atoms with Crippen LogP contribution < -0.4 is 5.32 Å². The number of nitrogens with one attached hydrogen (secondary N) is 1. The molecule has 0 aromatic heterocycles. The van der Waals surface area contributed by atoms with Gasteiger partial charge in [-0.25, -0.2) is 0 Å². The highest BCUT2D eigenvalue weighted by atomic mass is 35.5. The summed E-state index contributed by atoms with van der Waals surface area (Å²) in [5.41, 5.74) is 1.09. The van der Waals surface area contributed by atoms with Gasteiger partial charge in [-0.1, -0.05) is 35.3 Å². The maximum atomic E-state index is 12.6. The third-order valence-electron chi connectivity index (χ3n) is 4.12. The molecule has 3 rings (SSSR count). The van der Waals surface area contributed by atoms with Crippen LogP contribution in [0.4, 0.5) is 5.69 Å². The number of hydrogen-bond donors (Lipinski definition) is 1. The molecule has 26 heavy (non-hydrogen) atoms. The van der Waals surface area contributed by atoms with Crippen LogP contribution >= 0.6 is 35.0 Å². The average molecular weight is 409 g/mol. The topological polar surface area (TPSA) is 49.4 Å². The highest BCUT2D eigenvalue weighted by Gasteiger charge is 2.19. The molecule has 0 saturated carbocycles. The number of rotatable bonds is 5. The lowest BCUT2D eigenvalue weighted by molar-refractivity contribution is -0.127. The lowest BCUT2D eigenvalue weighted by Crippen LogP contribution is -2.29. The summed E-state index contributed by atoms with van der Waals surface area (Å²) < 4.78 is 0. The van der Waals surface area contributed by atoms with E-state index in [1.807, 2.05) is 17.0 Å². The molecule has 0 aliphatic carbocycles. The molecule has 7 heteroatoms. The summed E-state index contributed by atoms with van der Waals surface area (Å²) in [5, 5.41) is 3.63. The molecule has 4 nitrogen and oxygen atoms in total. The number of halogens is 2. The molecule has 1 saturated heterocycles. The zero-order chi connectivity index (χ0) is 18.5. The van der Waals surface area contributed by atoms with Crippen molar-refractivity contribution in [3.05, 3.63) is 58.1 Å². The molecular formula is C19H18Cl2N2O2S. The Labute approximate surface area is 166 Å². The second-order valence-electron chi connectivity index (χ2n) is 5.96. The minimum Gasteiger partial charge on any atom is -0.342 e. The van der Waals surface area contributed by atoms with Gasteiger partial charge in [0.15, 0.2) is 0 Å². The fourth-order valence-electron chi connectivity index (χ4n) is 2.75. The summed E-state index contributed by atoms with van der Waals surface area (Å²) in [5.74, 6) is 0.198. The highest BCUT2D eigenvalue weighted by Crippen LogP contribution is 2.27. The van der Waals surface area contributed by atoms with Crippen molar-refractivity contribution in [3.63, 3.8) is 0 Å². The number of nitrogens with zero attached hydrogens (tertiary/aromatic N) is 1. The van der Waals surface area contributed by atoms with Crippen LogP contribution in [0.2, 0.25) is 10.0 Å². The molecule has 1 N–H and O–H groups in total. The summed E-state index contributed by atoms with van der Waals surface area (Å²) >= 11 is 13.3. The third-order valence-corrected chi connectivity index (χ3v) is 5.92. The van der Waals surface area contributed by atoms with Gasteiger partial charge in [-0.2, -0.15) is 0 Å². The first kappa shape index (κ1) is 19.1. The molecule has 1 aliphatic rings. The fourth-order valence-corrected chi connectivity index (χ4v) is 4.00. The van der Waals surface area contributed by atoms with E-state index in [9.17, 15) is 9.59 Å². The Morgan fingerprint density at radius 2 is 1.77 bits per heavy atom. The lowest BCUT2D eigenvalue weighted by Gasteiger charge is -2.15. The largest absolute Gasteiger partial charge is 0.342 e. The molecule has 2 aromatic carbocycles. The Hall–Kier alpha value is -1.69. The molecule has 0 atom stereocenters. The van der Waals surface area contributed by atoms with Crippen LogP contribution in [-0.4, -0.2) is 35.6 Å². The van der Waals surface area contributed by atoms with Crippen LogP contribution in [0.1, 0.15) is 23.2 Å². The molecule has 0 spiro atoms. The molecule has 1 aliphatic heterocycles. The maximum absolute atomic E-state index is 12.6. The molecule has 136 valence electrons. The summed E-state index contributed by atoms with van der Waals surface area (Å²) in [4.78, 5) is 27.5. The molecular weight excluding hydrogens is 391 g/mol. The van der Waals surface area contributed by atoms with Gasteiger partial charge in [0, 0.05) is 23.7 Å². The first-order chi connectivity index (χ1) is 12.5. The van der Waals surface area contributed by atoms with E-state index in [4.69, 9.17) is 23.2 Å². The van der Waals surface area contributed by atoms with Gasteiger partial charge < -0.3 is 10.2 Å². The zero-order valence-corrected chi connectivity index (χ0v) is 16.3. The highest BCUT2D eigenvalue weighted by molar-refractivity contribution is 8.00. The second kappa shape index (κ2) is 8.80. The van der Waals surface area contributed by atoms with Gasteiger partial charge in [0.05, 0.1) is 21.4 Å². The van der Waals surface area contributed by atoms with Gasteiger partial charge in [-0.3, -0.25) is 9.59 Å². The number of benzene rings is 2. The van der Waals surface area contributed by atoms with Crippen molar-refractivity contribution in [2.24, 2.45) is 0 Å². The third kappa shape index (κ3) is 4.72. The number of hydrogen-bond acceptors (Lipinski definition) is 3. The van der Waals surface area contributed by atoms with E-state index >= 15 is 0 Å². The fraction of sp³-hybridized carbons (Fsp3) is 0.263. The van der Waals surface area contributed by atoms with Crippen molar-refractivity contribution in [3.8, 4) is 0 Å². The number of carbonyl (C=O) groups is 2. The summed E-state index contributed by atoms with van der Waals surface area (Å²) in [6.45, 7) is 1.66. The number of carbonyl (C=O) groups excluding carboxylic acids is 2. The molecule has 1 heterocycles.